The van der Waals surface area contributed by atoms with Gasteiger partial charge in [-0.1, -0.05) is 37.8 Å². The molecule has 1 aliphatic rings. The second-order valence-electron chi connectivity index (χ2n) is 5.35. The molecule has 1 aromatic heterocycles. The van der Waals surface area contributed by atoms with Crippen LogP contribution in [0.25, 0.3) is 0 Å². The lowest BCUT2D eigenvalue weighted by Crippen LogP contribution is -2.30. The fraction of sp³-hybridized carbons (Fsp3) is 0.643. The average molecular weight is 298 g/mol. The molecule has 1 atom stereocenters. The third-order valence-corrected chi connectivity index (χ3v) is 4.18. The first-order valence-electron chi connectivity index (χ1n) is 7.18. The summed E-state index contributed by atoms with van der Waals surface area (Å²) in [6.45, 7) is 2.13. The summed E-state index contributed by atoms with van der Waals surface area (Å²) >= 11 is 5.85. The zero-order valence-corrected chi connectivity index (χ0v) is 12.4. The van der Waals surface area contributed by atoms with Gasteiger partial charge in [-0.2, -0.15) is 0 Å². The highest BCUT2D eigenvalue weighted by Gasteiger charge is 2.23. The molecule has 0 aromatic carbocycles. The van der Waals surface area contributed by atoms with E-state index in [9.17, 15) is 10.1 Å². The van der Waals surface area contributed by atoms with E-state index in [0.717, 1.165) is 6.42 Å². The van der Waals surface area contributed by atoms with Gasteiger partial charge in [0.1, 0.15) is 11.0 Å². The van der Waals surface area contributed by atoms with Crippen LogP contribution in [0.5, 0.6) is 0 Å². The van der Waals surface area contributed by atoms with Crippen LogP contribution in [0.4, 0.5) is 11.5 Å². The Balaban J connectivity index is 2.12. The Kier molecular flexibility index (Phi) is 5.17. The minimum absolute atomic E-state index is 0.0222. The monoisotopic (exact) mass is 297 g/mol. The molecule has 1 saturated carbocycles. The quantitative estimate of drug-likeness (QED) is 0.496. The zero-order valence-electron chi connectivity index (χ0n) is 11.6. The summed E-state index contributed by atoms with van der Waals surface area (Å²) in [4.78, 5) is 14.6. The maximum absolute atomic E-state index is 10.9. The predicted octanol–water partition coefficient (Wildman–Crippen LogP) is 4.41. The van der Waals surface area contributed by atoms with Crippen molar-refractivity contribution in [3.63, 3.8) is 0 Å². The molecule has 2 rings (SSSR count). The molecular formula is C14H20ClN3O2. The molecule has 5 nitrogen and oxygen atoms in total. The van der Waals surface area contributed by atoms with Gasteiger partial charge < -0.3 is 5.32 Å². The number of pyridine rings is 1. The second-order valence-corrected chi connectivity index (χ2v) is 5.73. The summed E-state index contributed by atoms with van der Waals surface area (Å²) in [5, 5.41) is 14.3. The van der Waals surface area contributed by atoms with Crippen molar-refractivity contribution in [1.82, 2.24) is 4.98 Å². The first-order valence-corrected chi connectivity index (χ1v) is 7.56. The highest BCUT2D eigenvalue weighted by Crippen LogP contribution is 2.30. The Morgan fingerprint density at radius 2 is 2.15 bits per heavy atom. The van der Waals surface area contributed by atoms with Gasteiger partial charge in [-0.05, 0) is 25.2 Å². The molecule has 1 aliphatic carbocycles. The van der Waals surface area contributed by atoms with Crippen LogP contribution < -0.4 is 5.32 Å². The standard InChI is InChI=1S/C14H20ClN3O2/c1-2-12(10-6-4-3-5-7-10)16-14-9-11(18(19)20)8-13(15)17-14/h8-10,12H,2-7H2,1H3,(H,16,17). The minimum Gasteiger partial charge on any atom is -0.367 e. The summed E-state index contributed by atoms with van der Waals surface area (Å²) < 4.78 is 0. The van der Waals surface area contributed by atoms with E-state index in [4.69, 9.17) is 11.6 Å². The first-order chi connectivity index (χ1) is 9.60. The van der Waals surface area contributed by atoms with Crippen molar-refractivity contribution in [2.24, 2.45) is 5.92 Å². The van der Waals surface area contributed by atoms with E-state index < -0.39 is 4.92 Å². The van der Waals surface area contributed by atoms with Crippen molar-refractivity contribution in [3.8, 4) is 0 Å². The lowest BCUT2D eigenvalue weighted by Gasteiger charge is -2.30. The molecule has 0 amide bonds. The fourth-order valence-corrected chi connectivity index (χ4v) is 3.15. The molecule has 1 fully saturated rings. The molecule has 0 bridgehead atoms. The van der Waals surface area contributed by atoms with Crippen LogP contribution in [0.3, 0.4) is 0 Å². The number of nitro groups is 1. The number of hydrogen-bond acceptors (Lipinski definition) is 4. The molecular weight excluding hydrogens is 278 g/mol. The van der Waals surface area contributed by atoms with Gasteiger partial charge in [0, 0.05) is 6.04 Å². The maximum atomic E-state index is 10.9. The van der Waals surface area contributed by atoms with Gasteiger partial charge in [0.15, 0.2) is 0 Å². The molecule has 0 saturated heterocycles. The summed E-state index contributed by atoms with van der Waals surface area (Å²) in [6, 6.07) is 3.03. The van der Waals surface area contributed by atoms with Gasteiger partial charge in [-0.25, -0.2) is 4.98 Å². The number of anilines is 1. The number of nitrogens with one attached hydrogen (secondary N) is 1. The van der Waals surface area contributed by atoms with Gasteiger partial charge in [0.25, 0.3) is 5.69 Å². The molecule has 1 aromatic rings. The number of halogens is 1. The van der Waals surface area contributed by atoms with E-state index in [-0.39, 0.29) is 10.8 Å². The van der Waals surface area contributed by atoms with E-state index >= 15 is 0 Å². The fourth-order valence-electron chi connectivity index (χ4n) is 2.94. The van der Waals surface area contributed by atoms with Crippen LogP contribution in [0.15, 0.2) is 12.1 Å². The summed E-state index contributed by atoms with van der Waals surface area (Å²) in [7, 11) is 0. The lowest BCUT2D eigenvalue weighted by atomic mass is 9.83. The molecule has 0 spiro atoms. The van der Waals surface area contributed by atoms with Crippen molar-refractivity contribution in [1.29, 1.82) is 0 Å². The Hall–Kier alpha value is -1.36. The van der Waals surface area contributed by atoms with E-state index in [1.807, 2.05) is 0 Å². The van der Waals surface area contributed by atoms with Gasteiger partial charge in [0.05, 0.1) is 17.1 Å². The van der Waals surface area contributed by atoms with Crippen LogP contribution in [0.2, 0.25) is 5.15 Å². The molecule has 1 N–H and O–H groups in total. The van der Waals surface area contributed by atoms with E-state index in [1.165, 1.54) is 44.2 Å². The second kappa shape index (κ2) is 6.88. The van der Waals surface area contributed by atoms with Gasteiger partial charge in [-0.3, -0.25) is 10.1 Å². The molecule has 1 heterocycles. The molecule has 20 heavy (non-hydrogen) atoms. The largest absolute Gasteiger partial charge is 0.367 e. The van der Waals surface area contributed by atoms with E-state index in [2.05, 4.69) is 17.2 Å². The zero-order chi connectivity index (χ0) is 14.5. The molecule has 0 radical (unpaired) electrons. The smallest absolute Gasteiger partial charge is 0.276 e. The Morgan fingerprint density at radius 1 is 1.45 bits per heavy atom. The minimum atomic E-state index is -0.444. The summed E-state index contributed by atoms with van der Waals surface area (Å²) in [5.41, 5.74) is -0.0222. The van der Waals surface area contributed by atoms with Gasteiger partial charge in [0.2, 0.25) is 0 Å². The molecule has 110 valence electrons. The molecule has 1 unspecified atom stereocenters. The van der Waals surface area contributed by atoms with E-state index in [1.54, 1.807) is 0 Å². The van der Waals surface area contributed by atoms with Crippen molar-refractivity contribution < 1.29 is 4.92 Å². The Bertz CT molecular complexity index is 475. The van der Waals surface area contributed by atoms with Crippen molar-refractivity contribution in [2.75, 3.05) is 5.32 Å². The Labute approximate surface area is 123 Å². The average Bonchev–Trinajstić information content (AvgIpc) is 2.45. The van der Waals surface area contributed by atoms with Crippen molar-refractivity contribution in [2.45, 2.75) is 51.5 Å². The van der Waals surface area contributed by atoms with Crippen LogP contribution in [0.1, 0.15) is 45.4 Å². The van der Waals surface area contributed by atoms with Crippen LogP contribution in [-0.4, -0.2) is 15.9 Å². The number of rotatable bonds is 5. The van der Waals surface area contributed by atoms with E-state index in [0.29, 0.717) is 17.8 Å². The molecule has 0 aliphatic heterocycles. The predicted molar refractivity (Wildman–Crippen MR) is 80.2 cm³/mol. The third-order valence-electron chi connectivity index (χ3n) is 3.98. The SMILES string of the molecule is CCC(Nc1cc([N+](=O)[O-])cc(Cl)n1)C1CCCCC1. The lowest BCUT2D eigenvalue weighted by molar-refractivity contribution is -0.384. The van der Waals surface area contributed by atoms with Crippen LogP contribution in [0, 0.1) is 16.0 Å². The third kappa shape index (κ3) is 3.82. The number of nitrogens with zero attached hydrogens (tertiary/aromatic N) is 2. The highest BCUT2D eigenvalue weighted by molar-refractivity contribution is 6.29. The number of aromatic nitrogens is 1. The maximum Gasteiger partial charge on any atom is 0.276 e. The first kappa shape index (κ1) is 15.0. The van der Waals surface area contributed by atoms with Crippen LogP contribution >= 0.6 is 11.6 Å². The van der Waals surface area contributed by atoms with Crippen molar-refractivity contribution >= 4 is 23.1 Å². The summed E-state index contributed by atoms with van der Waals surface area (Å²) in [5.74, 6) is 1.12. The molecule has 6 heteroatoms. The van der Waals surface area contributed by atoms with Gasteiger partial charge >= 0.3 is 0 Å². The number of hydrogen-bond donors (Lipinski definition) is 1. The van der Waals surface area contributed by atoms with Gasteiger partial charge in [-0.15, -0.1) is 0 Å². The summed E-state index contributed by atoms with van der Waals surface area (Å²) in [6.07, 6.45) is 7.26. The normalized spacial score (nSPS) is 17.7. The van der Waals surface area contributed by atoms with Crippen LogP contribution in [-0.2, 0) is 0 Å². The Morgan fingerprint density at radius 3 is 2.75 bits per heavy atom. The van der Waals surface area contributed by atoms with Crippen molar-refractivity contribution in [3.05, 3.63) is 27.4 Å². The topological polar surface area (TPSA) is 68.1 Å². The highest BCUT2D eigenvalue weighted by atomic mass is 35.5.